The van der Waals surface area contributed by atoms with Crippen molar-refractivity contribution in [3.05, 3.63) is 29.8 Å². The number of anilines is 1. The van der Waals surface area contributed by atoms with E-state index < -0.39 is 0 Å². The number of aromatic nitrogens is 4. The van der Waals surface area contributed by atoms with E-state index in [2.05, 4.69) is 27.8 Å². The lowest BCUT2D eigenvalue weighted by molar-refractivity contribution is -0.121. The molecule has 0 spiro atoms. The Labute approximate surface area is 118 Å². The number of amides is 1. The summed E-state index contributed by atoms with van der Waals surface area (Å²) in [6, 6.07) is 0.126. The van der Waals surface area contributed by atoms with Crippen LogP contribution in [0.25, 0.3) is 0 Å². The van der Waals surface area contributed by atoms with Crippen molar-refractivity contribution < 1.29 is 4.79 Å². The van der Waals surface area contributed by atoms with Crippen molar-refractivity contribution in [1.29, 1.82) is 0 Å². The fourth-order valence-corrected chi connectivity index (χ4v) is 2.12. The summed E-state index contributed by atoms with van der Waals surface area (Å²) >= 11 is 0. The summed E-state index contributed by atoms with van der Waals surface area (Å²) in [4.78, 5) is 11.3. The Hall–Kier alpha value is -2.31. The average Bonchev–Trinajstić information content (AvgIpc) is 2.95. The number of nitrogens with one attached hydrogen (secondary N) is 2. The molecule has 7 heteroatoms. The first-order valence-corrected chi connectivity index (χ1v) is 6.49. The van der Waals surface area contributed by atoms with Crippen LogP contribution in [0.5, 0.6) is 0 Å². The van der Waals surface area contributed by atoms with Gasteiger partial charge in [-0.05, 0) is 13.8 Å². The van der Waals surface area contributed by atoms with Gasteiger partial charge < -0.3 is 10.6 Å². The molecule has 0 saturated heterocycles. The SMILES string of the molecule is CNC(=O)Cn1cc(NC(C)c2cn(C)nc2C)cn1. The maximum atomic E-state index is 11.3. The maximum Gasteiger partial charge on any atom is 0.241 e. The molecule has 2 heterocycles. The summed E-state index contributed by atoms with van der Waals surface area (Å²) in [6.45, 7) is 4.28. The number of hydrogen-bond donors (Lipinski definition) is 2. The molecule has 108 valence electrons. The highest BCUT2D eigenvalue weighted by Gasteiger charge is 2.12. The summed E-state index contributed by atoms with van der Waals surface area (Å²) < 4.78 is 3.40. The summed E-state index contributed by atoms with van der Waals surface area (Å²) in [7, 11) is 3.52. The van der Waals surface area contributed by atoms with Crippen LogP contribution in [-0.4, -0.2) is 32.5 Å². The molecule has 20 heavy (non-hydrogen) atoms. The lowest BCUT2D eigenvalue weighted by Crippen LogP contribution is -2.23. The third kappa shape index (κ3) is 3.17. The second kappa shape index (κ2) is 5.77. The van der Waals surface area contributed by atoms with Crippen molar-refractivity contribution in [2.24, 2.45) is 7.05 Å². The van der Waals surface area contributed by atoms with Crippen LogP contribution in [0.4, 0.5) is 5.69 Å². The highest BCUT2D eigenvalue weighted by Crippen LogP contribution is 2.20. The van der Waals surface area contributed by atoms with E-state index in [-0.39, 0.29) is 18.5 Å². The van der Waals surface area contributed by atoms with Gasteiger partial charge in [-0.2, -0.15) is 10.2 Å². The average molecular weight is 276 g/mol. The lowest BCUT2D eigenvalue weighted by Gasteiger charge is -2.12. The Balaban J connectivity index is 2.03. The lowest BCUT2D eigenvalue weighted by atomic mass is 10.1. The number of carbonyl (C=O) groups excluding carboxylic acids is 1. The van der Waals surface area contributed by atoms with E-state index in [0.717, 1.165) is 16.9 Å². The summed E-state index contributed by atoms with van der Waals surface area (Å²) in [5.74, 6) is -0.0733. The van der Waals surface area contributed by atoms with Crippen molar-refractivity contribution in [1.82, 2.24) is 24.9 Å². The third-order valence-corrected chi connectivity index (χ3v) is 3.12. The Bertz CT molecular complexity index is 600. The number of hydrogen-bond acceptors (Lipinski definition) is 4. The topological polar surface area (TPSA) is 76.8 Å². The van der Waals surface area contributed by atoms with E-state index in [4.69, 9.17) is 0 Å². The smallest absolute Gasteiger partial charge is 0.241 e. The number of rotatable bonds is 5. The summed E-state index contributed by atoms with van der Waals surface area (Å²) in [5, 5.41) is 14.4. The van der Waals surface area contributed by atoms with E-state index in [0.29, 0.717) is 0 Å². The van der Waals surface area contributed by atoms with Crippen molar-refractivity contribution >= 4 is 11.6 Å². The van der Waals surface area contributed by atoms with E-state index in [9.17, 15) is 4.79 Å². The zero-order valence-electron chi connectivity index (χ0n) is 12.2. The van der Waals surface area contributed by atoms with Crippen LogP contribution in [0, 0.1) is 6.92 Å². The molecule has 1 amide bonds. The minimum Gasteiger partial charge on any atom is -0.376 e. The van der Waals surface area contributed by atoms with Crippen LogP contribution >= 0.6 is 0 Å². The fourth-order valence-electron chi connectivity index (χ4n) is 2.12. The molecule has 0 aliphatic heterocycles. The van der Waals surface area contributed by atoms with Crippen LogP contribution in [0.1, 0.15) is 24.2 Å². The Kier molecular flexibility index (Phi) is 4.07. The van der Waals surface area contributed by atoms with Crippen LogP contribution < -0.4 is 10.6 Å². The van der Waals surface area contributed by atoms with Gasteiger partial charge in [-0.1, -0.05) is 0 Å². The summed E-state index contributed by atoms with van der Waals surface area (Å²) in [5.41, 5.74) is 3.03. The van der Waals surface area contributed by atoms with Gasteiger partial charge in [0.2, 0.25) is 5.91 Å². The van der Waals surface area contributed by atoms with Crippen molar-refractivity contribution in [3.8, 4) is 0 Å². The van der Waals surface area contributed by atoms with Gasteiger partial charge >= 0.3 is 0 Å². The molecule has 2 rings (SSSR count). The van der Waals surface area contributed by atoms with E-state index in [1.54, 1.807) is 22.6 Å². The molecule has 2 N–H and O–H groups in total. The van der Waals surface area contributed by atoms with Gasteiger partial charge in [0, 0.05) is 32.1 Å². The minimum atomic E-state index is -0.0733. The molecule has 2 aromatic rings. The largest absolute Gasteiger partial charge is 0.376 e. The van der Waals surface area contributed by atoms with Gasteiger partial charge in [0.1, 0.15) is 6.54 Å². The van der Waals surface area contributed by atoms with Gasteiger partial charge in [-0.25, -0.2) is 0 Å². The molecule has 0 fully saturated rings. The standard InChI is InChI=1S/C13H20N6O/c1-9(12-7-18(4)17-10(12)2)16-11-5-15-19(6-11)8-13(20)14-3/h5-7,9,16H,8H2,1-4H3,(H,14,20). The highest BCUT2D eigenvalue weighted by atomic mass is 16.1. The summed E-state index contributed by atoms with van der Waals surface area (Å²) in [6.07, 6.45) is 5.53. The number of aryl methyl sites for hydroxylation is 2. The van der Waals surface area contributed by atoms with Crippen molar-refractivity contribution in [2.75, 3.05) is 12.4 Å². The maximum absolute atomic E-state index is 11.3. The first-order valence-electron chi connectivity index (χ1n) is 6.49. The van der Waals surface area contributed by atoms with E-state index in [1.165, 1.54) is 0 Å². The Morgan fingerprint density at radius 1 is 1.45 bits per heavy atom. The second-order valence-electron chi connectivity index (χ2n) is 4.81. The highest BCUT2D eigenvalue weighted by molar-refractivity contribution is 5.75. The van der Waals surface area contributed by atoms with Crippen LogP contribution in [0.2, 0.25) is 0 Å². The third-order valence-electron chi connectivity index (χ3n) is 3.12. The van der Waals surface area contributed by atoms with E-state index >= 15 is 0 Å². The van der Waals surface area contributed by atoms with E-state index in [1.807, 2.05) is 26.4 Å². The molecule has 0 saturated carbocycles. The zero-order valence-corrected chi connectivity index (χ0v) is 12.2. The second-order valence-corrected chi connectivity index (χ2v) is 4.81. The predicted octanol–water partition coefficient (Wildman–Crippen LogP) is 0.844. The Morgan fingerprint density at radius 3 is 2.80 bits per heavy atom. The molecule has 1 atom stereocenters. The quantitative estimate of drug-likeness (QED) is 0.848. The predicted molar refractivity (Wildman–Crippen MR) is 76.3 cm³/mol. The van der Waals surface area contributed by atoms with Crippen LogP contribution in [0.15, 0.2) is 18.6 Å². The molecular formula is C13H20N6O. The molecule has 1 unspecified atom stereocenters. The monoisotopic (exact) mass is 276 g/mol. The molecule has 0 aliphatic carbocycles. The zero-order chi connectivity index (χ0) is 14.7. The van der Waals surface area contributed by atoms with Gasteiger partial charge in [0.25, 0.3) is 0 Å². The normalized spacial score (nSPS) is 12.2. The van der Waals surface area contributed by atoms with Gasteiger partial charge in [-0.15, -0.1) is 0 Å². The first-order chi connectivity index (χ1) is 9.49. The number of likely N-dealkylation sites (N-methyl/N-ethyl adjacent to an activating group) is 1. The molecule has 0 bridgehead atoms. The minimum absolute atomic E-state index is 0.0733. The molecular weight excluding hydrogens is 256 g/mol. The number of carbonyl (C=O) groups is 1. The molecule has 0 aromatic carbocycles. The fraction of sp³-hybridized carbons (Fsp3) is 0.462. The van der Waals surface area contributed by atoms with Crippen molar-refractivity contribution in [3.63, 3.8) is 0 Å². The number of nitrogens with zero attached hydrogens (tertiary/aromatic N) is 4. The van der Waals surface area contributed by atoms with Gasteiger partial charge in [0.15, 0.2) is 0 Å². The first kappa shape index (κ1) is 14.1. The molecule has 2 aromatic heterocycles. The Morgan fingerprint density at radius 2 is 2.20 bits per heavy atom. The molecule has 7 nitrogen and oxygen atoms in total. The van der Waals surface area contributed by atoms with Crippen molar-refractivity contribution in [2.45, 2.75) is 26.4 Å². The molecule has 0 radical (unpaired) electrons. The van der Waals surface area contributed by atoms with Crippen LogP contribution in [-0.2, 0) is 18.4 Å². The van der Waals surface area contributed by atoms with Gasteiger partial charge in [-0.3, -0.25) is 14.2 Å². The molecule has 0 aliphatic rings. The van der Waals surface area contributed by atoms with Crippen LogP contribution in [0.3, 0.4) is 0 Å². The van der Waals surface area contributed by atoms with Gasteiger partial charge in [0.05, 0.1) is 23.6 Å².